The zero-order chi connectivity index (χ0) is 16.9. The molecule has 0 bridgehead atoms. The van der Waals surface area contributed by atoms with Gasteiger partial charge in [0.15, 0.2) is 5.92 Å². The van der Waals surface area contributed by atoms with Gasteiger partial charge in [-0.1, -0.05) is 45.0 Å². The maximum Gasteiger partial charge on any atom is 0.318 e. The van der Waals surface area contributed by atoms with Gasteiger partial charge in [0.1, 0.15) is 5.60 Å². The largest absolute Gasteiger partial charge is 0.466 e. The number of aryl methyl sites for hydroxylation is 1. The van der Waals surface area contributed by atoms with Gasteiger partial charge in [-0.2, -0.15) is 0 Å². The molecular formula is C17H24F2O3. The predicted molar refractivity (Wildman–Crippen MR) is 80.7 cm³/mol. The molecule has 2 atom stereocenters. The van der Waals surface area contributed by atoms with E-state index in [0.29, 0.717) is 5.56 Å². The average Bonchev–Trinajstić information content (AvgIpc) is 2.47. The van der Waals surface area contributed by atoms with E-state index in [2.05, 4.69) is 0 Å². The number of esters is 1. The number of benzene rings is 1. The Morgan fingerprint density at radius 2 is 1.77 bits per heavy atom. The fraction of sp³-hybridized carbons (Fsp3) is 0.588. The molecule has 0 fully saturated rings. The van der Waals surface area contributed by atoms with Crippen molar-refractivity contribution in [2.24, 2.45) is 11.8 Å². The van der Waals surface area contributed by atoms with Crippen molar-refractivity contribution < 1.29 is 23.4 Å². The average molecular weight is 314 g/mol. The van der Waals surface area contributed by atoms with Gasteiger partial charge in [-0.05, 0) is 30.4 Å². The van der Waals surface area contributed by atoms with Crippen LogP contribution in [0, 0.1) is 11.8 Å². The van der Waals surface area contributed by atoms with Crippen LogP contribution in [0.1, 0.15) is 38.8 Å². The Hall–Kier alpha value is -1.49. The first-order valence-electron chi connectivity index (χ1n) is 7.55. The molecule has 0 amide bonds. The van der Waals surface area contributed by atoms with E-state index in [-0.39, 0.29) is 6.61 Å². The Morgan fingerprint density at radius 3 is 2.14 bits per heavy atom. The van der Waals surface area contributed by atoms with E-state index >= 15 is 0 Å². The highest BCUT2D eigenvalue weighted by atomic mass is 19.3. The molecule has 1 rings (SSSR count). The van der Waals surface area contributed by atoms with Crippen LogP contribution in [0.3, 0.4) is 0 Å². The molecule has 5 heteroatoms. The van der Waals surface area contributed by atoms with Crippen molar-refractivity contribution in [1.82, 2.24) is 0 Å². The molecule has 3 nitrogen and oxygen atoms in total. The van der Waals surface area contributed by atoms with E-state index in [1.165, 1.54) is 0 Å². The summed E-state index contributed by atoms with van der Waals surface area (Å²) in [6, 6.07) is 6.76. The summed E-state index contributed by atoms with van der Waals surface area (Å²) in [5.41, 5.74) is -0.648. The van der Waals surface area contributed by atoms with E-state index in [9.17, 15) is 18.7 Å². The molecular weight excluding hydrogens is 290 g/mol. The number of hydrogen-bond acceptors (Lipinski definition) is 3. The molecule has 2 unspecified atom stereocenters. The highest BCUT2D eigenvalue weighted by Crippen LogP contribution is 2.41. The van der Waals surface area contributed by atoms with Gasteiger partial charge in [-0.15, -0.1) is 0 Å². The standard InChI is InChI=1S/C17H24F2O3/c1-5-12-7-9-13(10-8-12)17(21,11(3)4)14(15(18)19)16(20)22-6-2/h7-11,14-15,21H,5-6H2,1-4H3. The lowest BCUT2D eigenvalue weighted by Gasteiger charge is -2.38. The lowest BCUT2D eigenvalue weighted by molar-refractivity contribution is -0.178. The molecule has 0 heterocycles. The Kier molecular flexibility index (Phi) is 6.48. The summed E-state index contributed by atoms with van der Waals surface area (Å²) in [6.45, 7) is 6.74. The minimum Gasteiger partial charge on any atom is -0.466 e. The second-order valence-electron chi connectivity index (χ2n) is 5.59. The number of halogens is 2. The zero-order valence-corrected chi connectivity index (χ0v) is 13.5. The van der Waals surface area contributed by atoms with Crippen molar-refractivity contribution in [3.63, 3.8) is 0 Å². The Bertz CT molecular complexity index is 485. The van der Waals surface area contributed by atoms with Crippen molar-refractivity contribution in [1.29, 1.82) is 0 Å². The number of carbonyl (C=O) groups is 1. The van der Waals surface area contributed by atoms with E-state index in [4.69, 9.17) is 4.74 Å². The van der Waals surface area contributed by atoms with Crippen molar-refractivity contribution in [3.8, 4) is 0 Å². The summed E-state index contributed by atoms with van der Waals surface area (Å²) in [7, 11) is 0. The number of aliphatic hydroxyl groups is 1. The zero-order valence-electron chi connectivity index (χ0n) is 13.5. The summed E-state index contributed by atoms with van der Waals surface area (Å²) in [5, 5.41) is 11.0. The third-order valence-electron chi connectivity index (χ3n) is 3.97. The van der Waals surface area contributed by atoms with Crippen LogP contribution in [0.2, 0.25) is 0 Å². The molecule has 0 aliphatic heterocycles. The molecule has 1 aromatic rings. The van der Waals surface area contributed by atoms with Gasteiger partial charge < -0.3 is 9.84 Å². The fourth-order valence-electron chi connectivity index (χ4n) is 2.59. The molecule has 124 valence electrons. The maximum atomic E-state index is 13.5. The van der Waals surface area contributed by atoms with Crippen LogP contribution in [0.25, 0.3) is 0 Å². The summed E-state index contributed by atoms with van der Waals surface area (Å²) in [5.74, 6) is -3.57. The van der Waals surface area contributed by atoms with E-state index in [1.54, 1.807) is 45.0 Å². The fourth-order valence-corrected chi connectivity index (χ4v) is 2.59. The molecule has 1 aromatic carbocycles. The highest BCUT2D eigenvalue weighted by molar-refractivity contribution is 5.75. The SMILES string of the molecule is CCOC(=O)C(C(F)F)C(O)(c1ccc(CC)cc1)C(C)C. The molecule has 0 spiro atoms. The monoisotopic (exact) mass is 314 g/mol. The van der Waals surface area contributed by atoms with E-state index < -0.39 is 29.8 Å². The second kappa shape index (κ2) is 7.68. The Morgan fingerprint density at radius 1 is 1.23 bits per heavy atom. The van der Waals surface area contributed by atoms with Gasteiger partial charge >= 0.3 is 5.97 Å². The van der Waals surface area contributed by atoms with Gasteiger partial charge in [-0.25, -0.2) is 8.78 Å². The first-order chi connectivity index (χ1) is 10.3. The summed E-state index contributed by atoms with van der Waals surface area (Å²) in [4.78, 5) is 12.0. The highest BCUT2D eigenvalue weighted by Gasteiger charge is 2.51. The second-order valence-corrected chi connectivity index (χ2v) is 5.59. The minimum atomic E-state index is -3.02. The van der Waals surface area contributed by atoms with Gasteiger partial charge in [0.2, 0.25) is 0 Å². The molecule has 0 aliphatic rings. The summed E-state index contributed by atoms with van der Waals surface area (Å²) in [6.07, 6.45) is -2.21. The van der Waals surface area contributed by atoms with E-state index in [1.807, 2.05) is 6.92 Å². The maximum absolute atomic E-state index is 13.5. The molecule has 0 saturated carbocycles. The number of ether oxygens (including phenoxy) is 1. The van der Waals surface area contributed by atoms with Gasteiger partial charge in [-0.3, -0.25) is 4.79 Å². The van der Waals surface area contributed by atoms with Crippen LogP contribution < -0.4 is 0 Å². The topological polar surface area (TPSA) is 46.5 Å². The van der Waals surface area contributed by atoms with Gasteiger partial charge in [0.05, 0.1) is 6.61 Å². The van der Waals surface area contributed by atoms with Crippen LogP contribution in [0.4, 0.5) is 8.78 Å². The number of hydrogen-bond donors (Lipinski definition) is 1. The number of rotatable bonds is 7. The minimum absolute atomic E-state index is 0.00893. The first kappa shape index (κ1) is 18.6. The summed E-state index contributed by atoms with van der Waals surface area (Å²) < 4.78 is 31.7. The molecule has 0 aliphatic carbocycles. The lowest BCUT2D eigenvalue weighted by atomic mass is 9.73. The smallest absolute Gasteiger partial charge is 0.318 e. The third-order valence-corrected chi connectivity index (χ3v) is 3.97. The van der Waals surface area contributed by atoms with E-state index in [0.717, 1.165) is 12.0 Å². The van der Waals surface area contributed by atoms with Crippen LogP contribution >= 0.6 is 0 Å². The lowest BCUT2D eigenvalue weighted by Crippen LogP contribution is -2.48. The first-order valence-corrected chi connectivity index (χ1v) is 7.55. The van der Waals surface area contributed by atoms with Crippen molar-refractivity contribution >= 4 is 5.97 Å². The van der Waals surface area contributed by atoms with Gasteiger partial charge in [0.25, 0.3) is 6.43 Å². The molecule has 1 N–H and O–H groups in total. The third kappa shape index (κ3) is 3.64. The number of alkyl halides is 2. The van der Waals surface area contributed by atoms with Gasteiger partial charge in [0, 0.05) is 0 Å². The Balaban J connectivity index is 3.34. The van der Waals surface area contributed by atoms with Crippen LogP contribution in [-0.4, -0.2) is 24.1 Å². The van der Waals surface area contributed by atoms with Crippen LogP contribution in [0.5, 0.6) is 0 Å². The normalized spacial score (nSPS) is 15.7. The molecule has 0 aromatic heterocycles. The van der Waals surface area contributed by atoms with Crippen molar-refractivity contribution in [2.45, 2.75) is 46.1 Å². The van der Waals surface area contributed by atoms with Crippen LogP contribution in [0.15, 0.2) is 24.3 Å². The number of carbonyl (C=O) groups excluding carboxylic acids is 1. The molecule has 22 heavy (non-hydrogen) atoms. The van der Waals surface area contributed by atoms with Crippen LogP contribution in [-0.2, 0) is 21.6 Å². The Labute approximate surface area is 130 Å². The summed E-state index contributed by atoms with van der Waals surface area (Å²) >= 11 is 0. The molecule has 0 saturated heterocycles. The van der Waals surface area contributed by atoms with Crippen molar-refractivity contribution in [2.75, 3.05) is 6.61 Å². The quantitative estimate of drug-likeness (QED) is 0.783. The molecule has 0 radical (unpaired) electrons. The van der Waals surface area contributed by atoms with Crippen molar-refractivity contribution in [3.05, 3.63) is 35.4 Å². The predicted octanol–water partition coefficient (Wildman–Crippen LogP) is 3.54.